The van der Waals surface area contributed by atoms with Crippen LogP contribution in [-0.4, -0.2) is 21.4 Å². The van der Waals surface area contributed by atoms with Gasteiger partial charge in [0, 0.05) is 11.8 Å². The van der Waals surface area contributed by atoms with E-state index in [4.69, 9.17) is 9.05 Å². The van der Waals surface area contributed by atoms with E-state index >= 15 is 0 Å². The van der Waals surface area contributed by atoms with Crippen LogP contribution in [-0.2, 0) is 12.7 Å². The van der Waals surface area contributed by atoms with E-state index in [2.05, 4.69) is 26.0 Å². The molecule has 33 heavy (non-hydrogen) atoms. The first-order valence-corrected chi connectivity index (χ1v) is 9.63. The third-order valence-corrected chi connectivity index (χ3v) is 4.61. The number of nitrogens with one attached hydrogen (secondary N) is 1. The predicted molar refractivity (Wildman–Crippen MR) is 108 cm³/mol. The lowest BCUT2D eigenvalue weighted by Gasteiger charge is -2.15. The number of pyridine rings is 1. The molecule has 0 saturated carbocycles. The summed E-state index contributed by atoms with van der Waals surface area (Å²) < 4.78 is 49.9. The quantitative estimate of drug-likeness (QED) is 0.424. The van der Waals surface area contributed by atoms with E-state index in [0.29, 0.717) is 12.3 Å². The Morgan fingerprint density at radius 2 is 2.00 bits per heavy atom. The molecule has 0 unspecified atom stereocenters. The maximum atomic E-state index is 12.8. The summed E-state index contributed by atoms with van der Waals surface area (Å²) in [7, 11) is 0. The lowest BCUT2D eigenvalue weighted by Crippen LogP contribution is -2.35. The van der Waals surface area contributed by atoms with Crippen molar-refractivity contribution in [2.75, 3.05) is 5.32 Å². The lowest BCUT2D eigenvalue weighted by molar-refractivity contribution is -0.754. The highest BCUT2D eigenvalue weighted by Crippen LogP contribution is 2.31. The number of aromatic nitrogens is 4. The van der Waals surface area contributed by atoms with E-state index in [0.717, 1.165) is 34.6 Å². The van der Waals surface area contributed by atoms with Crippen molar-refractivity contribution >= 4 is 17.6 Å². The fraction of sp³-hybridized carbons (Fsp3) is 0.190. The zero-order chi connectivity index (χ0) is 23.6. The van der Waals surface area contributed by atoms with Crippen molar-refractivity contribution in [1.82, 2.24) is 15.4 Å². The Kier molecular flexibility index (Phi) is 5.82. The van der Waals surface area contributed by atoms with Gasteiger partial charge >= 0.3 is 6.18 Å². The molecule has 3 aromatic heterocycles. The molecule has 170 valence electrons. The van der Waals surface area contributed by atoms with E-state index in [1.54, 1.807) is 6.20 Å². The molecule has 2 amide bonds. The minimum absolute atomic E-state index is 0.0459. The third kappa shape index (κ3) is 5.17. The van der Waals surface area contributed by atoms with Crippen LogP contribution in [0.1, 0.15) is 22.6 Å². The van der Waals surface area contributed by atoms with Crippen LogP contribution in [0.3, 0.4) is 0 Å². The van der Waals surface area contributed by atoms with Gasteiger partial charge in [0.15, 0.2) is 11.3 Å². The van der Waals surface area contributed by atoms with Gasteiger partial charge in [0.25, 0.3) is 0 Å². The maximum absolute atomic E-state index is 12.8. The number of amides is 2. The second kappa shape index (κ2) is 8.73. The molecule has 1 N–H and O–H groups in total. The fourth-order valence-electron chi connectivity index (χ4n) is 3.12. The molecule has 4 rings (SSSR count). The van der Waals surface area contributed by atoms with Crippen molar-refractivity contribution in [3.8, 4) is 11.3 Å². The standard InChI is InChI=1S/C21H17F3N6O3/c1-12-19(13(2)32-28-12)17-7-6-14(9-25-17)10-30-11-18(33-29-30)27-20(31)26-16-5-3-4-15(8-16)21(22,23)24/h3-9,11H,10H2,1-2H3,(H-,26,27,29,31). The van der Waals surface area contributed by atoms with Crippen LogP contribution in [0.4, 0.5) is 29.5 Å². The van der Waals surface area contributed by atoms with Crippen molar-refractivity contribution in [3.05, 3.63) is 76.7 Å². The van der Waals surface area contributed by atoms with Crippen molar-refractivity contribution in [2.45, 2.75) is 26.6 Å². The van der Waals surface area contributed by atoms with Gasteiger partial charge in [0.1, 0.15) is 5.76 Å². The molecule has 0 aliphatic carbocycles. The lowest BCUT2D eigenvalue weighted by atomic mass is 10.1. The Morgan fingerprint density at radius 1 is 1.18 bits per heavy atom. The highest BCUT2D eigenvalue weighted by molar-refractivity contribution is 6.03. The number of alkyl halides is 3. The summed E-state index contributed by atoms with van der Waals surface area (Å²) >= 11 is 0. The number of benzene rings is 1. The van der Waals surface area contributed by atoms with Crippen LogP contribution in [0.5, 0.6) is 0 Å². The van der Waals surface area contributed by atoms with E-state index in [-0.39, 0.29) is 11.6 Å². The highest BCUT2D eigenvalue weighted by Gasteiger charge is 2.30. The third-order valence-electron chi connectivity index (χ3n) is 4.61. The Morgan fingerprint density at radius 3 is 2.67 bits per heavy atom. The molecule has 9 nitrogen and oxygen atoms in total. The van der Waals surface area contributed by atoms with Gasteiger partial charge in [-0.15, -0.1) is 0 Å². The van der Waals surface area contributed by atoms with Gasteiger partial charge < -0.3 is 19.7 Å². The van der Waals surface area contributed by atoms with Gasteiger partial charge in [0.05, 0.1) is 22.5 Å². The average Bonchev–Trinajstić information content (AvgIpc) is 3.33. The molecular weight excluding hydrogens is 441 g/mol. The van der Waals surface area contributed by atoms with Crippen LogP contribution in [0.15, 0.2) is 57.8 Å². The molecule has 1 aromatic carbocycles. The monoisotopic (exact) mass is 458 g/mol. The number of nitrogens with zero attached hydrogens (tertiary/aromatic N) is 5. The van der Waals surface area contributed by atoms with Crippen molar-refractivity contribution in [2.24, 2.45) is 0 Å². The fourth-order valence-corrected chi connectivity index (χ4v) is 3.12. The van der Waals surface area contributed by atoms with E-state index in [9.17, 15) is 18.0 Å². The zero-order valence-electron chi connectivity index (χ0n) is 17.4. The van der Waals surface area contributed by atoms with E-state index in [1.807, 2.05) is 26.0 Å². The number of aryl methyl sites for hydroxylation is 2. The summed E-state index contributed by atoms with van der Waals surface area (Å²) in [6, 6.07) is 7.01. The summed E-state index contributed by atoms with van der Waals surface area (Å²) in [4.78, 5) is 16.5. The summed E-state index contributed by atoms with van der Waals surface area (Å²) in [5.74, 6) is 0.563. The van der Waals surface area contributed by atoms with Gasteiger partial charge in [-0.1, -0.05) is 23.4 Å². The van der Waals surface area contributed by atoms with Gasteiger partial charge in [-0.05, 0) is 42.4 Å². The van der Waals surface area contributed by atoms with E-state index in [1.165, 1.54) is 23.0 Å². The minimum atomic E-state index is -4.52. The normalized spacial score (nSPS) is 11.4. The van der Waals surface area contributed by atoms with Crippen molar-refractivity contribution < 1.29 is 31.7 Å². The second-order valence-corrected chi connectivity index (χ2v) is 7.11. The van der Waals surface area contributed by atoms with Gasteiger partial charge in [-0.3, -0.25) is 9.78 Å². The van der Waals surface area contributed by atoms with Crippen LogP contribution >= 0.6 is 0 Å². The average molecular weight is 458 g/mol. The Balaban J connectivity index is 1.37. The number of rotatable bonds is 5. The molecule has 0 aliphatic heterocycles. The van der Waals surface area contributed by atoms with Crippen LogP contribution < -0.4 is 10.00 Å². The molecule has 0 spiro atoms. The van der Waals surface area contributed by atoms with Gasteiger partial charge in [0.2, 0.25) is 18.6 Å². The summed E-state index contributed by atoms with van der Waals surface area (Å²) in [5.41, 5.74) is 2.19. The van der Waals surface area contributed by atoms with Gasteiger partial charge in [-0.25, -0.2) is 0 Å². The Labute approximate surface area is 185 Å². The zero-order valence-corrected chi connectivity index (χ0v) is 17.4. The molecule has 0 bridgehead atoms. The number of hydrogen-bond acceptors (Lipinski definition) is 6. The minimum Gasteiger partial charge on any atom is -0.424 e. The number of anilines is 1. The highest BCUT2D eigenvalue weighted by atomic mass is 19.4. The molecule has 3 heterocycles. The van der Waals surface area contributed by atoms with Crippen LogP contribution in [0.25, 0.3) is 16.6 Å². The number of hydrogen-bond donors (Lipinski definition) is 1. The van der Waals surface area contributed by atoms with E-state index < -0.39 is 17.8 Å². The second-order valence-electron chi connectivity index (χ2n) is 7.11. The first kappa shape index (κ1) is 22.0. The van der Waals surface area contributed by atoms with Crippen LogP contribution in [0.2, 0.25) is 0 Å². The number of urea groups is 1. The molecule has 0 saturated heterocycles. The molecular formula is C21H17F3N6O3. The summed E-state index contributed by atoms with van der Waals surface area (Å²) in [5, 5.41) is 13.6. The summed E-state index contributed by atoms with van der Waals surface area (Å²) in [6.07, 6.45) is -1.47. The first-order valence-electron chi connectivity index (χ1n) is 9.63. The topological polar surface area (TPSA) is 112 Å². The molecule has 0 fully saturated rings. The largest absolute Gasteiger partial charge is 0.424 e. The van der Waals surface area contributed by atoms with Gasteiger partial charge in [-0.2, -0.15) is 13.2 Å². The Bertz CT molecular complexity index is 1260. The molecule has 4 aromatic rings. The molecule has 12 heteroatoms. The summed E-state index contributed by atoms with van der Waals surface area (Å²) in [6.45, 7) is 3.94. The van der Waals surface area contributed by atoms with Crippen LogP contribution in [0, 0.1) is 13.8 Å². The van der Waals surface area contributed by atoms with Crippen molar-refractivity contribution in [1.29, 1.82) is 0 Å². The first-order chi connectivity index (χ1) is 15.7. The maximum Gasteiger partial charge on any atom is 0.416 e. The predicted octanol–water partition coefficient (Wildman–Crippen LogP) is 4.93. The number of carbonyl (C=O) groups is 1. The Hall–Kier alpha value is -4.22. The molecule has 0 radical (unpaired) electrons. The molecule has 0 aliphatic rings. The SMILES string of the molecule is Cc1noc(C)c1-c1ccc(C[n+]2cc([N-]C(=O)Nc3cccc(C(F)(F)F)c3)on2)cn1. The smallest absolute Gasteiger partial charge is 0.416 e. The molecule has 0 atom stereocenters. The number of carbonyl (C=O) groups excluding carboxylic acids is 1. The van der Waals surface area contributed by atoms with Crippen molar-refractivity contribution in [3.63, 3.8) is 0 Å². The number of halogens is 3.